The van der Waals surface area contributed by atoms with E-state index in [9.17, 15) is 9.18 Å². The number of anilines is 1. The number of amides is 1. The summed E-state index contributed by atoms with van der Waals surface area (Å²) in [5.41, 5.74) is 2.10. The smallest absolute Gasteiger partial charge is 0.250 e. The Morgan fingerprint density at radius 1 is 1.30 bits per heavy atom. The fourth-order valence-electron chi connectivity index (χ4n) is 2.74. The number of nitrogens with zero attached hydrogens (tertiary/aromatic N) is 4. The van der Waals surface area contributed by atoms with Gasteiger partial charge in [-0.3, -0.25) is 14.2 Å². The second-order valence-corrected chi connectivity index (χ2v) is 7.03. The number of aromatic nitrogens is 4. The third kappa shape index (κ3) is 4.14. The van der Waals surface area contributed by atoms with Crippen molar-refractivity contribution >= 4 is 34.9 Å². The molecule has 1 amide bonds. The number of halogens is 3. The lowest BCUT2D eigenvalue weighted by atomic mass is 10.2. The maximum absolute atomic E-state index is 13.3. The molecule has 1 atom stereocenters. The Balaban J connectivity index is 1.74. The number of hydrogen-bond acceptors (Lipinski definition) is 3. The molecule has 0 aliphatic rings. The van der Waals surface area contributed by atoms with Crippen LogP contribution < -0.4 is 5.32 Å². The molecule has 0 saturated carbocycles. The summed E-state index contributed by atoms with van der Waals surface area (Å²) < 4.78 is 16.4. The minimum absolute atomic E-state index is 0.234. The Labute approximate surface area is 165 Å². The molecule has 9 heteroatoms. The third-order valence-electron chi connectivity index (χ3n) is 4.18. The molecular weight excluding hydrogens is 392 g/mol. The second kappa shape index (κ2) is 7.70. The molecule has 0 aliphatic carbocycles. The number of nitrogens with one attached hydrogen (secondary N) is 1. The van der Waals surface area contributed by atoms with Crippen LogP contribution in [0.2, 0.25) is 10.0 Å². The monoisotopic (exact) mass is 409 g/mol. The Morgan fingerprint density at radius 2 is 2.04 bits per heavy atom. The highest BCUT2D eigenvalue weighted by Gasteiger charge is 2.22. The van der Waals surface area contributed by atoms with E-state index in [1.165, 1.54) is 16.8 Å². The van der Waals surface area contributed by atoms with E-state index >= 15 is 0 Å². The molecule has 2 aromatic heterocycles. The quantitative estimate of drug-likeness (QED) is 0.679. The molecule has 6 nitrogen and oxygen atoms in total. The fraction of sp³-hybridized carbons (Fsp3) is 0.278. The van der Waals surface area contributed by atoms with Crippen molar-refractivity contribution in [1.29, 1.82) is 0 Å². The van der Waals surface area contributed by atoms with Crippen LogP contribution in [0.5, 0.6) is 0 Å². The lowest BCUT2D eigenvalue weighted by Gasteiger charge is -2.13. The molecule has 0 radical (unpaired) electrons. The molecule has 1 aromatic carbocycles. The van der Waals surface area contributed by atoms with Gasteiger partial charge in [-0.15, -0.1) is 0 Å². The van der Waals surface area contributed by atoms with Crippen LogP contribution in [0.25, 0.3) is 0 Å². The molecule has 1 unspecified atom stereocenters. The molecule has 0 fully saturated rings. The largest absolute Gasteiger partial charge is 0.306 e. The maximum Gasteiger partial charge on any atom is 0.250 e. The van der Waals surface area contributed by atoms with Gasteiger partial charge in [0.15, 0.2) is 5.82 Å². The number of aryl methyl sites for hydroxylation is 1. The Bertz CT molecular complexity index is 998. The van der Waals surface area contributed by atoms with Gasteiger partial charge in [-0.1, -0.05) is 35.3 Å². The van der Waals surface area contributed by atoms with Gasteiger partial charge in [0.2, 0.25) is 5.91 Å². The van der Waals surface area contributed by atoms with Crippen molar-refractivity contribution < 1.29 is 9.18 Å². The van der Waals surface area contributed by atoms with Crippen LogP contribution in [-0.4, -0.2) is 25.5 Å². The molecular formula is C18H18Cl2FN5O. The van der Waals surface area contributed by atoms with Crippen molar-refractivity contribution in [3.05, 3.63) is 63.3 Å². The zero-order valence-electron chi connectivity index (χ0n) is 15.0. The minimum Gasteiger partial charge on any atom is -0.306 e. The van der Waals surface area contributed by atoms with Gasteiger partial charge in [0.25, 0.3) is 0 Å². The Kier molecular flexibility index (Phi) is 5.53. The first-order valence-electron chi connectivity index (χ1n) is 8.25. The molecule has 0 aliphatic heterocycles. The van der Waals surface area contributed by atoms with Crippen molar-refractivity contribution in [1.82, 2.24) is 19.6 Å². The average Bonchev–Trinajstić information content (AvgIpc) is 3.08. The lowest BCUT2D eigenvalue weighted by molar-refractivity contribution is -0.119. The Morgan fingerprint density at radius 3 is 2.67 bits per heavy atom. The number of hydrogen-bond donors (Lipinski definition) is 1. The van der Waals surface area contributed by atoms with Gasteiger partial charge in [-0.25, -0.2) is 4.39 Å². The van der Waals surface area contributed by atoms with Crippen molar-refractivity contribution in [2.24, 2.45) is 0 Å². The van der Waals surface area contributed by atoms with Crippen molar-refractivity contribution in [3.8, 4) is 0 Å². The van der Waals surface area contributed by atoms with Crippen LogP contribution >= 0.6 is 23.2 Å². The normalized spacial score (nSPS) is 12.2. The van der Waals surface area contributed by atoms with Gasteiger partial charge < -0.3 is 5.32 Å². The van der Waals surface area contributed by atoms with E-state index in [0.29, 0.717) is 28.0 Å². The van der Waals surface area contributed by atoms with Crippen LogP contribution in [0.1, 0.15) is 29.9 Å². The number of carbonyl (C=O) groups is 1. The highest BCUT2D eigenvalue weighted by Crippen LogP contribution is 2.24. The van der Waals surface area contributed by atoms with E-state index in [4.69, 9.17) is 23.2 Å². The van der Waals surface area contributed by atoms with Gasteiger partial charge in [0.1, 0.15) is 16.9 Å². The summed E-state index contributed by atoms with van der Waals surface area (Å²) in [7, 11) is 0. The van der Waals surface area contributed by atoms with Crippen molar-refractivity contribution in [3.63, 3.8) is 0 Å². The number of rotatable bonds is 5. The van der Waals surface area contributed by atoms with Gasteiger partial charge >= 0.3 is 0 Å². The average molecular weight is 410 g/mol. The van der Waals surface area contributed by atoms with Crippen LogP contribution in [0.15, 0.2) is 30.5 Å². The van der Waals surface area contributed by atoms with E-state index in [2.05, 4.69) is 15.5 Å². The van der Waals surface area contributed by atoms with E-state index in [1.807, 2.05) is 0 Å². The first kappa shape index (κ1) is 19.4. The van der Waals surface area contributed by atoms with Gasteiger partial charge in [-0.05, 0) is 38.5 Å². The molecule has 27 heavy (non-hydrogen) atoms. The van der Waals surface area contributed by atoms with Crippen LogP contribution in [-0.2, 0) is 11.3 Å². The van der Waals surface area contributed by atoms with E-state index in [0.717, 1.165) is 5.56 Å². The summed E-state index contributed by atoms with van der Waals surface area (Å²) in [5, 5.41) is 12.1. The molecule has 142 valence electrons. The topological polar surface area (TPSA) is 64.7 Å². The standard InChI is InChI=1S/C18H18Cl2FN5O/c1-10-16(20)11(2)26(23-10)12(3)18(27)22-17-15(19)9-25(24-17)8-13-5-4-6-14(21)7-13/h4-7,9,12H,8H2,1-3H3,(H,22,24,27). The highest BCUT2D eigenvalue weighted by atomic mass is 35.5. The van der Waals surface area contributed by atoms with E-state index in [-0.39, 0.29) is 17.5 Å². The fourth-order valence-corrected chi connectivity index (χ4v) is 3.06. The third-order valence-corrected chi connectivity index (χ3v) is 5.00. The molecule has 3 aromatic rings. The summed E-state index contributed by atoms with van der Waals surface area (Å²) in [4.78, 5) is 12.6. The molecule has 2 heterocycles. The van der Waals surface area contributed by atoms with Gasteiger partial charge in [0, 0.05) is 6.20 Å². The predicted molar refractivity (Wildman–Crippen MR) is 103 cm³/mol. The number of carbonyl (C=O) groups excluding carboxylic acids is 1. The first-order valence-corrected chi connectivity index (χ1v) is 9.01. The molecule has 0 bridgehead atoms. The maximum atomic E-state index is 13.3. The van der Waals surface area contributed by atoms with Gasteiger partial charge in [0.05, 0.1) is 23.0 Å². The summed E-state index contributed by atoms with van der Waals surface area (Å²) in [6, 6.07) is 5.60. The lowest BCUT2D eigenvalue weighted by Crippen LogP contribution is -2.25. The Hall–Kier alpha value is -2.38. The molecule has 0 spiro atoms. The summed E-state index contributed by atoms with van der Waals surface area (Å²) in [6.45, 7) is 5.62. The number of benzene rings is 1. The highest BCUT2D eigenvalue weighted by molar-refractivity contribution is 6.33. The summed E-state index contributed by atoms with van der Waals surface area (Å²) >= 11 is 12.3. The SMILES string of the molecule is Cc1nn(C(C)C(=O)Nc2nn(Cc3cccc(F)c3)cc2Cl)c(C)c1Cl. The molecule has 1 N–H and O–H groups in total. The predicted octanol–water partition coefficient (Wildman–Crippen LogP) is 4.39. The van der Waals surface area contributed by atoms with Crippen molar-refractivity contribution in [2.45, 2.75) is 33.4 Å². The van der Waals surface area contributed by atoms with E-state index in [1.54, 1.807) is 43.8 Å². The zero-order chi connectivity index (χ0) is 19.7. The zero-order valence-corrected chi connectivity index (χ0v) is 16.5. The van der Waals surface area contributed by atoms with Crippen LogP contribution in [0.3, 0.4) is 0 Å². The summed E-state index contributed by atoms with van der Waals surface area (Å²) in [5.74, 6) is -0.413. The van der Waals surface area contributed by atoms with Gasteiger partial charge in [-0.2, -0.15) is 10.2 Å². The van der Waals surface area contributed by atoms with Crippen molar-refractivity contribution in [2.75, 3.05) is 5.32 Å². The van der Waals surface area contributed by atoms with Crippen LogP contribution in [0.4, 0.5) is 10.2 Å². The second-order valence-electron chi connectivity index (χ2n) is 6.25. The minimum atomic E-state index is -0.597. The first-order chi connectivity index (χ1) is 12.8. The molecule has 0 saturated heterocycles. The van der Waals surface area contributed by atoms with E-state index < -0.39 is 6.04 Å². The summed E-state index contributed by atoms with van der Waals surface area (Å²) in [6.07, 6.45) is 1.58. The van der Waals surface area contributed by atoms with Crippen LogP contribution in [0, 0.1) is 19.7 Å². The molecule has 3 rings (SSSR count).